The number of aromatic nitrogens is 2. The zero-order chi connectivity index (χ0) is 20.6. The second-order valence-corrected chi connectivity index (χ2v) is 6.35. The van der Waals surface area contributed by atoms with Crippen molar-refractivity contribution in [1.82, 2.24) is 20.4 Å². The highest BCUT2D eigenvalue weighted by Gasteiger charge is 2.12. The summed E-state index contributed by atoms with van der Waals surface area (Å²) in [6.45, 7) is 0.514. The van der Waals surface area contributed by atoms with Crippen molar-refractivity contribution in [2.75, 3.05) is 13.1 Å². The predicted molar refractivity (Wildman–Crippen MR) is 104 cm³/mol. The molecule has 29 heavy (non-hydrogen) atoms. The van der Waals surface area contributed by atoms with Gasteiger partial charge in [0.05, 0.1) is 11.3 Å². The molecular weight excluding hydrogens is 378 g/mol. The summed E-state index contributed by atoms with van der Waals surface area (Å²) in [4.78, 5) is 23.7. The first-order valence-corrected chi connectivity index (χ1v) is 9.12. The lowest BCUT2D eigenvalue weighted by atomic mass is 10.1. The molecular formula is C21H20F2N4O2. The Bertz CT molecular complexity index is 973. The van der Waals surface area contributed by atoms with Crippen LogP contribution in [0.25, 0.3) is 5.69 Å². The number of amides is 2. The van der Waals surface area contributed by atoms with Gasteiger partial charge in [0.25, 0.3) is 5.91 Å². The van der Waals surface area contributed by atoms with E-state index in [1.807, 2.05) is 36.5 Å². The molecule has 0 aliphatic heterocycles. The fraction of sp³-hybridized carbons (Fsp3) is 0.190. The van der Waals surface area contributed by atoms with E-state index >= 15 is 0 Å². The van der Waals surface area contributed by atoms with Crippen LogP contribution in [0.5, 0.6) is 0 Å². The fourth-order valence-electron chi connectivity index (χ4n) is 2.73. The van der Waals surface area contributed by atoms with E-state index in [0.29, 0.717) is 19.0 Å². The zero-order valence-corrected chi connectivity index (χ0v) is 15.6. The van der Waals surface area contributed by atoms with E-state index < -0.39 is 17.5 Å². The highest BCUT2D eigenvalue weighted by Crippen LogP contribution is 2.10. The summed E-state index contributed by atoms with van der Waals surface area (Å²) in [5.41, 5.74) is 1.77. The summed E-state index contributed by atoms with van der Waals surface area (Å²) >= 11 is 0. The molecule has 0 bridgehead atoms. The van der Waals surface area contributed by atoms with Crippen LogP contribution in [0.4, 0.5) is 8.78 Å². The van der Waals surface area contributed by atoms with Crippen LogP contribution >= 0.6 is 0 Å². The molecule has 2 aromatic carbocycles. The Labute approximate surface area is 166 Å². The van der Waals surface area contributed by atoms with E-state index in [9.17, 15) is 18.4 Å². The molecule has 1 aromatic heterocycles. The third-order valence-electron chi connectivity index (χ3n) is 4.25. The van der Waals surface area contributed by atoms with Crippen molar-refractivity contribution in [2.24, 2.45) is 0 Å². The monoisotopic (exact) mass is 398 g/mol. The van der Waals surface area contributed by atoms with E-state index in [2.05, 4.69) is 15.7 Å². The third kappa shape index (κ3) is 5.71. The first-order chi connectivity index (χ1) is 14.0. The number of carbonyl (C=O) groups excluding carboxylic acids is 2. The van der Waals surface area contributed by atoms with E-state index in [0.717, 1.165) is 23.4 Å². The van der Waals surface area contributed by atoms with Gasteiger partial charge in [-0.2, -0.15) is 5.10 Å². The Morgan fingerprint density at radius 3 is 2.48 bits per heavy atom. The average Bonchev–Trinajstić information content (AvgIpc) is 3.23. The molecule has 0 aliphatic carbocycles. The number of rotatable bonds is 8. The van der Waals surface area contributed by atoms with Gasteiger partial charge in [0.15, 0.2) is 0 Å². The Hall–Kier alpha value is -3.55. The van der Waals surface area contributed by atoms with Crippen molar-refractivity contribution in [3.05, 3.63) is 83.7 Å². The SMILES string of the molecule is O=C(CCNC(=O)c1ccc(F)cc1F)NCCc1ccc(-n2cccn2)cc1. The molecule has 8 heteroatoms. The van der Waals surface area contributed by atoms with E-state index in [-0.39, 0.29) is 24.4 Å². The van der Waals surface area contributed by atoms with Gasteiger partial charge in [-0.15, -0.1) is 0 Å². The molecule has 0 spiro atoms. The summed E-state index contributed by atoms with van der Waals surface area (Å²) in [6.07, 6.45) is 4.30. The van der Waals surface area contributed by atoms with Crippen LogP contribution in [0.3, 0.4) is 0 Å². The molecule has 6 nitrogen and oxygen atoms in total. The molecule has 0 unspecified atom stereocenters. The maximum Gasteiger partial charge on any atom is 0.254 e. The topological polar surface area (TPSA) is 76.0 Å². The fourth-order valence-corrected chi connectivity index (χ4v) is 2.73. The third-order valence-corrected chi connectivity index (χ3v) is 4.25. The summed E-state index contributed by atoms with van der Waals surface area (Å²) in [5.74, 6) is -2.61. The minimum Gasteiger partial charge on any atom is -0.356 e. The standard InChI is InChI=1S/C21H20F2N4O2/c22-16-4-7-18(19(23)14-16)21(29)25-12-9-20(28)24-11-8-15-2-5-17(6-3-15)27-13-1-10-26-27/h1-7,10,13-14H,8-9,11-12H2,(H,24,28)(H,25,29). The van der Waals surface area contributed by atoms with Gasteiger partial charge in [0.1, 0.15) is 11.6 Å². The van der Waals surface area contributed by atoms with Crippen LogP contribution in [-0.2, 0) is 11.2 Å². The van der Waals surface area contributed by atoms with Crippen molar-refractivity contribution in [3.8, 4) is 5.69 Å². The van der Waals surface area contributed by atoms with Gasteiger partial charge in [-0.3, -0.25) is 9.59 Å². The van der Waals surface area contributed by atoms with Crippen LogP contribution in [0.15, 0.2) is 60.9 Å². The molecule has 2 N–H and O–H groups in total. The lowest BCUT2D eigenvalue weighted by Gasteiger charge is -2.08. The van der Waals surface area contributed by atoms with E-state index in [1.54, 1.807) is 10.9 Å². The van der Waals surface area contributed by atoms with E-state index in [1.165, 1.54) is 0 Å². The Morgan fingerprint density at radius 2 is 1.79 bits per heavy atom. The normalized spacial score (nSPS) is 10.6. The van der Waals surface area contributed by atoms with Crippen LogP contribution in [0.1, 0.15) is 22.3 Å². The van der Waals surface area contributed by atoms with Gasteiger partial charge in [-0.05, 0) is 42.3 Å². The molecule has 150 valence electrons. The number of hydrogen-bond acceptors (Lipinski definition) is 3. The summed E-state index contributed by atoms with van der Waals surface area (Å²) < 4.78 is 28.2. The van der Waals surface area contributed by atoms with Crippen LogP contribution < -0.4 is 10.6 Å². The molecule has 1 heterocycles. The maximum atomic E-state index is 13.5. The molecule has 0 radical (unpaired) electrons. The molecule has 2 amide bonds. The highest BCUT2D eigenvalue weighted by atomic mass is 19.1. The number of hydrogen-bond donors (Lipinski definition) is 2. The number of nitrogens with one attached hydrogen (secondary N) is 2. The van der Waals surface area contributed by atoms with Gasteiger partial charge in [0, 0.05) is 38.0 Å². The molecule has 0 aliphatic rings. The summed E-state index contributed by atoms with van der Waals surface area (Å²) in [5, 5.41) is 9.38. The molecule has 3 aromatic rings. The summed E-state index contributed by atoms with van der Waals surface area (Å²) in [6, 6.07) is 12.4. The minimum absolute atomic E-state index is 0.0556. The Kier molecular flexibility index (Phi) is 6.67. The van der Waals surface area contributed by atoms with Gasteiger partial charge < -0.3 is 10.6 Å². The van der Waals surface area contributed by atoms with Crippen LogP contribution in [0.2, 0.25) is 0 Å². The lowest BCUT2D eigenvalue weighted by Crippen LogP contribution is -2.32. The first-order valence-electron chi connectivity index (χ1n) is 9.12. The van der Waals surface area contributed by atoms with Crippen LogP contribution in [-0.4, -0.2) is 34.7 Å². The van der Waals surface area contributed by atoms with Crippen molar-refractivity contribution < 1.29 is 18.4 Å². The number of nitrogens with zero attached hydrogens (tertiary/aromatic N) is 2. The van der Waals surface area contributed by atoms with Gasteiger partial charge >= 0.3 is 0 Å². The second kappa shape index (κ2) is 9.59. The second-order valence-electron chi connectivity index (χ2n) is 6.35. The zero-order valence-electron chi connectivity index (χ0n) is 15.6. The van der Waals surface area contributed by atoms with Gasteiger partial charge in [0.2, 0.25) is 5.91 Å². The predicted octanol–water partition coefficient (Wildman–Crippen LogP) is 2.63. The van der Waals surface area contributed by atoms with E-state index in [4.69, 9.17) is 0 Å². The minimum atomic E-state index is -0.939. The molecule has 0 atom stereocenters. The summed E-state index contributed by atoms with van der Waals surface area (Å²) in [7, 11) is 0. The lowest BCUT2D eigenvalue weighted by molar-refractivity contribution is -0.120. The maximum absolute atomic E-state index is 13.5. The largest absolute Gasteiger partial charge is 0.356 e. The average molecular weight is 398 g/mol. The van der Waals surface area contributed by atoms with Crippen molar-refractivity contribution in [3.63, 3.8) is 0 Å². The highest BCUT2D eigenvalue weighted by molar-refractivity contribution is 5.94. The first kappa shape index (κ1) is 20.2. The van der Waals surface area contributed by atoms with Crippen LogP contribution in [0, 0.1) is 11.6 Å². The molecule has 3 rings (SSSR count). The van der Waals surface area contributed by atoms with Crippen molar-refractivity contribution in [1.29, 1.82) is 0 Å². The number of halogens is 2. The van der Waals surface area contributed by atoms with Crippen molar-refractivity contribution in [2.45, 2.75) is 12.8 Å². The van der Waals surface area contributed by atoms with Crippen molar-refractivity contribution >= 4 is 11.8 Å². The number of carbonyl (C=O) groups is 2. The Balaban J connectivity index is 1.36. The molecule has 0 fully saturated rings. The Morgan fingerprint density at radius 1 is 1.00 bits per heavy atom. The molecule has 0 saturated heterocycles. The quantitative estimate of drug-likeness (QED) is 0.613. The number of benzene rings is 2. The van der Waals surface area contributed by atoms with Gasteiger partial charge in [-0.25, -0.2) is 13.5 Å². The van der Waals surface area contributed by atoms with Gasteiger partial charge in [-0.1, -0.05) is 12.1 Å². The molecule has 0 saturated carbocycles. The smallest absolute Gasteiger partial charge is 0.254 e.